The summed E-state index contributed by atoms with van der Waals surface area (Å²) in [5.41, 5.74) is 3.06. The monoisotopic (exact) mass is 237 g/mol. The van der Waals surface area contributed by atoms with Gasteiger partial charge in [0, 0.05) is 20.3 Å². The van der Waals surface area contributed by atoms with E-state index in [1.54, 1.807) is 12.4 Å². The van der Waals surface area contributed by atoms with Crippen LogP contribution in [0.4, 0.5) is 0 Å². The lowest BCUT2D eigenvalue weighted by Crippen LogP contribution is -1.92. The van der Waals surface area contributed by atoms with Gasteiger partial charge in [0.25, 0.3) is 0 Å². The lowest BCUT2D eigenvalue weighted by Gasteiger charge is -1.98. The van der Waals surface area contributed by atoms with Crippen molar-refractivity contribution < 1.29 is 0 Å². The molecule has 0 saturated heterocycles. The van der Waals surface area contributed by atoms with Crippen LogP contribution in [-0.2, 0) is 14.1 Å². The lowest BCUT2D eigenvalue weighted by atomic mass is 10.2. The second-order valence-electron chi connectivity index (χ2n) is 4.20. The zero-order valence-electron chi connectivity index (χ0n) is 10.1. The number of para-hydroxylation sites is 1. The molecule has 0 fully saturated rings. The van der Waals surface area contributed by atoms with Crippen LogP contribution in [0.5, 0.6) is 0 Å². The van der Waals surface area contributed by atoms with Crippen molar-refractivity contribution in [3.63, 3.8) is 0 Å². The fourth-order valence-electron chi connectivity index (χ4n) is 2.06. The van der Waals surface area contributed by atoms with Crippen LogP contribution in [0.2, 0.25) is 0 Å². The Morgan fingerprint density at radius 3 is 2.78 bits per heavy atom. The standard InChI is InChI=1S/C13H11N5/c1-17-7-10(15-8-17)13-16-12-9(6-14)4-3-5-11(12)18(13)2/h3-5,7-8H,1-2H3. The van der Waals surface area contributed by atoms with Gasteiger partial charge in [-0.3, -0.25) is 0 Å². The molecule has 0 aliphatic rings. The highest BCUT2D eigenvalue weighted by Crippen LogP contribution is 2.24. The number of nitrogens with zero attached hydrogens (tertiary/aromatic N) is 5. The van der Waals surface area contributed by atoms with Gasteiger partial charge in [0.2, 0.25) is 0 Å². The Labute approximate surface area is 104 Å². The van der Waals surface area contributed by atoms with E-state index in [-0.39, 0.29) is 0 Å². The summed E-state index contributed by atoms with van der Waals surface area (Å²) in [6.07, 6.45) is 3.65. The minimum absolute atomic E-state index is 0.588. The number of hydrogen-bond acceptors (Lipinski definition) is 3. The van der Waals surface area contributed by atoms with E-state index in [1.807, 2.05) is 41.6 Å². The molecule has 0 radical (unpaired) electrons. The van der Waals surface area contributed by atoms with Crippen molar-refractivity contribution in [1.82, 2.24) is 19.1 Å². The summed E-state index contributed by atoms with van der Waals surface area (Å²) in [4.78, 5) is 8.83. The van der Waals surface area contributed by atoms with Crippen molar-refractivity contribution in [2.75, 3.05) is 0 Å². The second kappa shape index (κ2) is 3.70. The Kier molecular flexibility index (Phi) is 2.17. The van der Waals surface area contributed by atoms with Crippen molar-refractivity contribution in [3.8, 4) is 17.6 Å². The van der Waals surface area contributed by atoms with Crippen molar-refractivity contribution in [2.45, 2.75) is 0 Å². The van der Waals surface area contributed by atoms with Gasteiger partial charge >= 0.3 is 0 Å². The largest absolute Gasteiger partial charge is 0.340 e. The van der Waals surface area contributed by atoms with Crippen LogP contribution in [0.15, 0.2) is 30.7 Å². The summed E-state index contributed by atoms with van der Waals surface area (Å²) < 4.78 is 3.83. The molecule has 2 aromatic heterocycles. The van der Waals surface area contributed by atoms with E-state index in [9.17, 15) is 0 Å². The van der Waals surface area contributed by atoms with Crippen molar-refractivity contribution in [3.05, 3.63) is 36.3 Å². The summed E-state index contributed by atoms with van der Waals surface area (Å²) in [5.74, 6) is 0.772. The zero-order chi connectivity index (χ0) is 12.7. The molecular formula is C13H11N5. The molecule has 3 aromatic rings. The fraction of sp³-hybridized carbons (Fsp3) is 0.154. The van der Waals surface area contributed by atoms with E-state index in [2.05, 4.69) is 16.0 Å². The van der Waals surface area contributed by atoms with E-state index in [0.29, 0.717) is 5.56 Å². The van der Waals surface area contributed by atoms with Gasteiger partial charge in [-0.1, -0.05) is 6.07 Å². The molecule has 0 N–H and O–H groups in total. The first-order valence-electron chi connectivity index (χ1n) is 5.54. The summed E-state index contributed by atoms with van der Waals surface area (Å²) in [6, 6.07) is 7.76. The Morgan fingerprint density at radius 1 is 1.28 bits per heavy atom. The smallest absolute Gasteiger partial charge is 0.161 e. The van der Waals surface area contributed by atoms with Gasteiger partial charge in [-0.05, 0) is 12.1 Å². The SMILES string of the molecule is Cn1cnc(-c2nc3c(C#N)cccc3n2C)c1. The summed E-state index contributed by atoms with van der Waals surface area (Å²) in [7, 11) is 3.85. The number of aromatic nitrogens is 4. The molecule has 18 heavy (non-hydrogen) atoms. The predicted molar refractivity (Wildman–Crippen MR) is 67.6 cm³/mol. The first-order valence-corrected chi connectivity index (χ1v) is 5.54. The van der Waals surface area contributed by atoms with Crippen LogP contribution in [0, 0.1) is 11.3 Å². The first-order chi connectivity index (χ1) is 8.70. The average molecular weight is 237 g/mol. The van der Waals surface area contributed by atoms with Crippen LogP contribution in [0.1, 0.15) is 5.56 Å². The number of rotatable bonds is 1. The molecule has 0 aliphatic heterocycles. The molecule has 0 saturated carbocycles. The van der Waals surface area contributed by atoms with Gasteiger partial charge in [0.05, 0.1) is 17.4 Å². The maximum Gasteiger partial charge on any atom is 0.161 e. The lowest BCUT2D eigenvalue weighted by molar-refractivity contribution is 0.913. The third-order valence-electron chi connectivity index (χ3n) is 2.97. The molecule has 3 rings (SSSR count). The number of benzene rings is 1. The topological polar surface area (TPSA) is 59.4 Å². The van der Waals surface area contributed by atoms with E-state index >= 15 is 0 Å². The maximum absolute atomic E-state index is 9.09. The highest BCUT2D eigenvalue weighted by Gasteiger charge is 2.13. The molecule has 88 valence electrons. The van der Waals surface area contributed by atoms with Crippen LogP contribution < -0.4 is 0 Å². The van der Waals surface area contributed by atoms with Crippen LogP contribution in [-0.4, -0.2) is 19.1 Å². The first kappa shape index (κ1) is 10.5. The third-order valence-corrected chi connectivity index (χ3v) is 2.97. The Bertz CT molecular complexity index is 772. The summed E-state index contributed by atoms with van der Waals surface area (Å²) in [6.45, 7) is 0. The molecule has 1 aromatic carbocycles. The number of fused-ring (bicyclic) bond motifs is 1. The quantitative estimate of drug-likeness (QED) is 0.649. The maximum atomic E-state index is 9.09. The van der Waals surface area contributed by atoms with E-state index in [0.717, 1.165) is 22.6 Å². The van der Waals surface area contributed by atoms with Gasteiger partial charge < -0.3 is 9.13 Å². The van der Waals surface area contributed by atoms with Crippen LogP contribution in [0.3, 0.4) is 0 Å². The van der Waals surface area contributed by atoms with E-state index in [1.165, 1.54) is 0 Å². The molecule has 5 nitrogen and oxygen atoms in total. The highest BCUT2D eigenvalue weighted by molar-refractivity contribution is 5.84. The van der Waals surface area contributed by atoms with Crippen LogP contribution in [0.25, 0.3) is 22.6 Å². The third kappa shape index (κ3) is 1.39. The molecule has 2 heterocycles. The number of aryl methyl sites for hydroxylation is 2. The molecule has 0 bridgehead atoms. The van der Waals surface area contributed by atoms with Crippen molar-refractivity contribution >= 4 is 11.0 Å². The van der Waals surface area contributed by atoms with Gasteiger partial charge in [-0.2, -0.15) is 5.26 Å². The van der Waals surface area contributed by atoms with E-state index in [4.69, 9.17) is 5.26 Å². The molecule has 0 aliphatic carbocycles. The van der Waals surface area contributed by atoms with Gasteiger partial charge in [-0.15, -0.1) is 0 Å². The minimum Gasteiger partial charge on any atom is -0.340 e. The van der Waals surface area contributed by atoms with Crippen LogP contribution >= 0.6 is 0 Å². The number of imidazole rings is 2. The molecule has 0 amide bonds. The van der Waals surface area contributed by atoms with Crippen molar-refractivity contribution in [2.24, 2.45) is 14.1 Å². The Hall–Kier alpha value is -2.61. The molecule has 0 unspecified atom stereocenters. The Balaban J connectivity index is 2.33. The molecule has 5 heteroatoms. The van der Waals surface area contributed by atoms with E-state index < -0.39 is 0 Å². The van der Waals surface area contributed by atoms with Crippen molar-refractivity contribution in [1.29, 1.82) is 5.26 Å². The second-order valence-corrected chi connectivity index (χ2v) is 4.20. The average Bonchev–Trinajstić information content (AvgIpc) is 2.94. The summed E-state index contributed by atoms with van der Waals surface area (Å²) >= 11 is 0. The minimum atomic E-state index is 0.588. The highest BCUT2D eigenvalue weighted by atomic mass is 15.1. The number of hydrogen-bond donors (Lipinski definition) is 0. The fourth-order valence-corrected chi connectivity index (χ4v) is 2.06. The zero-order valence-corrected chi connectivity index (χ0v) is 10.1. The Morgan fingerprint density at radius 2 is 2.11 bits per heavy atom. The van der Waals surface area contributed by atoms with Gasteiger partial charge in [0.15, 0.2) is 5.82 Å². The molecular weight excluding hydrogens is 226 g/mol. The number of nitriles is 1. The predicted octanol–water partition coefficient (Wildman–Crippen LogP) is 1.85. The summed E-state index contributed by atoms with van der Waals surface area (Å²) in [5, 5.41) is 9.09. The van der Waals surface area contributed by atoms with Gasteiger partial charge in [-0.25, -0.2) is 9.97 Å². The normalized spacial score (nSPS) is 10.7. The molecule has 0 atom stereocenters. The van der Waals surface area contributed by atoms with Gasteiger partial charge in [0.1, 0.15) is 17.3 Å². The molecule has 0 spiro atoms.